The first-order valence-corrected chi connectivity index (χ1v) is 3.46. The second-order valence-corrected chi connectivity index (χ2v) is 2.30. The average molecular weight is 166 g/mol. The summed E-state index contributed by atoms with van der Waals surface area (Å²) in [6.45, 7) is 1.84. The number of hydrogen-bond donors (Lipinski definition) is 0. The molecule has 4 nitrogen and oxygen atoms in total. The lowest BCUT2D eigenvalue weighted by Crippen LogP contribution is -2.34. The van der Waals surface area contributed by atoms with E-state index in [1.165, 1.54) is 14.2 Å². The van der Waals surface area contributed by atoms with Gasteiger partial charge in [-0.15, -0.1) is 0 Å². The molecule has 0 radical (unpaired) electrons. The maximum atomic E-state index is 9.85. The highest BCUT2D eigenvalue weighted by atomic mass is 31.1. The van der Waals surface area contributed by atoms with Crippen molar-refractivity contribution in [1.82, 2.24) is 0 Å². The van der Waals surface area contributed by atoms with Gasteiger partial charge in [-0.2, -0.15) is 0 Å². The molecule has 0 aromatic rings. The zero-order valence-electron chi connectivity index (χ0n) is 6.29. The Hall–Kier alpha value is -0.0200. The van der Waals surface area contributed by atoms with Gasteiger partial charge in [0.25, 0.3) is 0 Å². The lowest BCUT2D eigenvalue weighted by Gasteiger charge is -2.23. The molecular weight excluding hydrogens is 155 g/mol. The molecule has 0 spiro atoms. The zero-order chi connectivity index (χ0) is 8.04. The van der Waals surface area contributed by atoms with Crippen LogP contribution < -0.4 is 0 Å². The Morgan fingerprint density at radius 1 is 1.40 bits per heavy atom. The summed E-state index contributed by atoms with van der Waals surface area (Å²) in [6, 6.07) is 0. The van der Waals surface area contributed by atoms with Crippen LogP contribution in [0.25, 0.3) is 0 Å². The summed E-state index contributed by atoms with van der Waals surface area (Å²) >= 11 is 0. The molecule has 0 aliphatic carbocycles. The fourth-order valence-corrected chi connectivity index (χ4v) is 0.632. The lowest BCUT2D eigenvalue weighted by molar-refractivity contribution is -0.208. The van der Waals surface area contributed by atoms with Crippen molar-refractivity contribution in [2.24, 2.45) is 0 Å². The maximum absolute atomic E-state index is 9.85. The van der Waals surface area contributed by atoms with Crippen molar-refractivity contribution in [3.8, 4) is 0 Å². The number of methoxy groups -OCH3 is 2. The van der Waals surface area contributed by atoms with E-state index < -0.39 is 5.79 Å². The van der Waals surface area contributed by atoms with E-state index in [4.69, 9.17) is 9.47 Å². The molecule has 0 amide bonds. The molecule has 0 aromatic heterocycles. The Bertz CT molecular complexity index is 102. The molecule has 0 saturated heterocycles. The van der Waals surface area contributed by atoms with Crippen molar-refractivity contribution >= 4 is 8.69 Å². The lowest BCUT2D eigenvalue weighted by atomic mass is 10.3. The van der Waals surface area contributed by atoms with Crippen molar-refractivity contribution in [3.63, 3.8) is 0 Å². The Morgan fingerprint density at radius 2 is 1.90 bits per heavy atom. The van der Waals surface area contributed by atoms with Gasteiger partial charge in [0.1, 0.15) is 6.61 Å². The van der Waals surface area contributed by atoms with Gasteiger partial charge < -0.3 is 9.47 Å². The Labute approximate surface area is 61.7 Å². The monoisotopic (exact) mass is 166 g/mol. The number of hydrogen-bond acceptors (Lipinski definition) is 4. The first kappa shape index (κ1) is 9.98. The van der Waals surface area contributed by atoms with E-state index in [0.29, 0.717) is 0 Å². The average Bonchev–Trinajstić information content (AvgIpc) is 2.00. The predicted molar refractivity (Wildman–Crippen MR) is 36.0 cm³/mol. The molecule has 0 fully saturated rings. The molecular formula is C5H11O4P. The minimum atomic E-state index is -0.794. The molecule has 5 heteroatoms. The first-order chi connectivity index (χ1) is 4.68. The van der Waals surface area contributed by atoms with Gasteiger partial charge in [-0.1, -0.05) is 0 Å². The van der Waals surface area contributed by atoms with E-state index in [9.17, 15) is 4.57 Å². The van der Waals surface area contributed by atoms with Gasteiger partial charge >= 0.3 is 8.69 Å². The summed E-state index contributed by atoms with van der Waals surface area (Å²) in [7, 11) is 2.63. The van der Waals surface area contributed by atoms with Crippen LogP contribution in [0.15, 0.2) is 0 Å². The van der Waals surface area contributed by atoms with Crippen molar-refractivity contribution in [1.29, 1.82) is 0 Å². The Kier molecular flexibility index (Phi) is 4.73. The van der Waals surface area contributed by atoms with E-state index in [1.54, 1.807) is 6.92 Å². The molecule has 60 valence electrons. The van der Waals surface area contributed by atoms with Gasteiger partial charge in [-0.3, -0.25) is 4.52 Å². The van der Waals surface area contributed by atoms with Crippen LogP contribution in [0, 0.1) is 0 Å². The minimum Gasteiger partial charge on any atom is -0.351 e. The molecule has 0 unspecified atom stereocenters. The number of rotatable bonds is 5. The number of ether oxygens (including phenoxy) is 2. The summed E-state index contributed by atoms with van der Waals surface area (Å²) in [4.78, 5) is 0. The van der Waals surface area contributed by atoms with Crippen molar-refractivity contribution < 1.29 is 18.6 Å². The van der Waals surface area contributed by atoms with Crippen LogP contribution in [0.3, 0.4) is 0 Å². The smallest absolute Gasteiger partial charge is 0.327 e. The van der Waals surface area contributed by atoms with Crippen molar-refractivity contribution in [2.75, 3.05) is 20.8 Å². The zero-order valence-corrected chi connectivity index (χ0v) is 7.18. The summed E-state index contributed by atoms with van der Waals surface area (Å²) < 4.78 is 24.2. The van der Waals surface area contributed by atoms with Gasteiger partial charge in [0.2, 0.25) is 0 Å². The predicted octanol–water partition coefficient (Wildman–Crippen LogP) is 1.22. The van der Waals surface area contributed by atoms with Crippen LogP contribution in [0.2, 0.25) is 0 Å². The third-order valence-electron chi connectivity index (χ3n) is 1.24. The Balaban J connectivity index is 3.68. The van der Waals surface area contributed by atoms with Gasteiger partial charge in [-0.05, 0) is 6.92 Å². The highest BCUT2D eigenvalue weighted by Crippen LogP contribution is 2.12. The van der Waals surface area contributed by atoms with Crippen LogP contribution in [-0.4, -0.2) is 26.6 Å². The van der Waals surface area contributed by atoms with Gasteiger partial charge in [-0.25, -0.2) is 4.57 Å². The summed E-state index contributed by atoms with van der Waals surface area (Å²) in [6.07, 6.45) is 0. The fourth-order valence-electron chi connectivity index (χ4n) is 0.345. The van der Waals surface area contributed by atoms with Crippen LogP contribution in [0.5, 0.6) is 0 Å². The highest BCUT2D eigenvalue weighted by molar-refractivity contribution is 7.17. The molecule has 0 aliphatic rings. The summed E-state index contributed by atoms with van der Waals surface area (Å²) in [5.74, 6) is -0.794. The molecule has 0 heterocycles. The van der Waals surface area contributed by atoms with E-state index in [0.717, 1.165) is 0 Å². The van der Waals surface area contributed by atoms with Gasteiger partial charge in [0.05, 0.1) is 0 Å². The molecule has 0 aliphatic heterocycles. The van der Waals surface area contributed by atoms with E-state index in [1.807, 2.05) is 0 Å². The van der Waals surface area contributed by atoms with E-state index in [-0.39, 0.29) is 15.3 Å². The Morgan fingerprint density at radius 3 is 2.20 bits per heavy atom. The van der Waals surface area contributed by atoms with Gasteiger partial charge in [0.15, 0.2) is 5.79 Å². The molecule has 0 bridgehead atoms. The minimum absolute atomic E-state index is 0.144. The summed E-state index contributed by atoms with van der Waals surface area (Å²) in [5.41, 5.74) is 0. The van der Waals surface area contributed by atoms with Crippen LogP contribution in [0.1, 0.15) is 6.92 Å². The SMILES string of the molecule is COC(C)(COP=O)OC. The van der Waals surface area contributed by atoms with Crippen molar-refractivity contribution in [2.45, 2.75) is 12.7 Å². The van der Waals surface area contributed by atoms with Crippen LogP contribution in [-0.2, 0) is 18.6 Å². The molecule has 0 saturated carbocycles. The molecule has 10 heavy (non-hydrogen) atoms. The van der Waals surface area contributed by atoms with Crippen LogP contribution >= 0.6 is 8.69 Å². The van der Waals surface area contributed by atoms with Crippen LogP contribution in [0.4, 0.5) is 0 Å². The molecule has 0 aromatic carbocycles. The topological polar surface area (TPSA) is 44.8 Å². The second kappa shape index (κ2) is 4.74. The van der Waals surface area contributed by atoms with E-state index in [2.05, 4.69) is 4.52 Å². The third-order valence-corrected chi connectivity index (χ3v) is 1.48. The maximum Gasteiger partial charge on any atom is 0.327 e. The highest BCUT2D eigenvalue weighted by Gasteiger charge is 2.22. The first-order valence-electron chi connectivity index (χ1n) is 2.73. The molecule has 0 atom stereocenters. The summed E-state index contributed by atoms with van der Waals surface area (Å²) in [5, 5.41) is 0. The third kappa shape index (κ3) is 3.22. The van der Waals surface area contributed by atoms with Crippen molar-refractivity contribution in [3.05, 3.63) is 0 Å². The quantitative estimate of drug-likeness (QED) is 0.455. The largest absolute Gasteiger partial charge is 0.351 e. The van der Waals surface area contributed by atoms with E-state index >= 15 is 0 Å². The molecule has 0 N–H and O–H groups in total. The normalized spacial score (nSPS) is 12.3. The standard InChI is InChI=1S/C5H11O4P/c1-5(7-2,8-3)4-9-10-6/h4H2,1-3H3. The fraction of sp³-hybridized carbons (Fsp3) is 1.00. The molecule has 0 rings (SSSR count). The second-order valence-electron chi connectivity index (χ2n) is 1.89. The van der Waals surface area contributed by atoms with Gasteiger partial charge in [0, 0.05) is 14.2 Å².